The number of phenols is 2. The maximum absolute atomic E-state index is 14.0. The van der Waals surface area contributed by atoms with Gasteiger partial charge in [-0.25, -0.2) is 9.59 Å². The maximum Gasteiger partial charge on any atom is 0.352 e. The second-order valence-corrected chi connectivity index (χ2v) is 14.5. The number of thioether (sulfide) groups is 2. The maximum atomic E-state index is 14.0. The highest BCUT2D eigenvalue weighted by Crippen LogP contribution is 2.46. The fraction of sp³-hybridized carbons (Fsp3) is 0.258. The number of rotatable bonds is 12. The Hall–Kier alpha value is -5.67. The predicted octanol–water partition coefficient (Wildman–Crippen LogP) is 0.176. The molecule has 0 bridgehead atoms. The summed E-state index contributed by atoms with van der Waals surface area (Å²) in [4.78, 5) is 94.3. The van der Waals surface area contributed by atoms with Gasteiger partial charge in [0, 0.05) is 36.7 Å². The number of urea groups is 1. The number of benzene rings is 2. The van der Waals surface area contributed by atoms with Gasteiger partial charge in [-0.05, 0) is 17.2 Å². The Kier molecular flexibility index (Phi) is 10.4. The molecule has 0 spiro atoms. The molecule has 21 heteroatoms. The van der Waals surface area contributed by atoms with Crippen molar-refractivity contribution in [1.29, 1.82) is 0 Å². The van der Waals surface area contributed by atoms with Crippen LogP contribution in [0.4, 0.5) is 4.79 Å². The molecular formula is C31H28N8O10S3. The molecule has 18 nitrogen and oxygen atoms in total. The Morgan fingerprint density at radius 1 is 1.06 bits per heavy atom. The van der Waals surface area contributed by atoms with Crippen LogP contribution >= 0.6 is 34.9 Å². The van der Waals surface area contributed by atoms with Gasteiger partial charge in [0.1, 0.15) is 22.6 Å². The number of aliphatic carboxylic acids is 1. The summed E-state index contributed by atoms with van der Waals surface area (Å²) in [5.74, 6) is -6.14. The molecule has 3 aliphatic rings. The Morgan fingerprint density at radius 3 is 2.52 bits per heavy atom. The van der Waals surface area contributed by atoms with E-state index in [1.54, 1.807) is 18.2 Å². The molecular weight excluding hydrogens is 741 g/mol. The predicted molar refractivity (Wildman–Crippen MR) is 183 cm³/mol. The Bertz CT molecular complexity index is 1980. The fourth-order valence-electron chi connectivity index (χ4n) is 5.83. The molecule has 7 amide bonds. The quantitative estimate of drug-likeness (QED) is 0.0359. The third-order valence-electron chi connectivity index (χ3n) is 8.35. The number of nitrogens with zero attached hydrogens (tertiary/aromatic N) is 5. The smallest absolute Gasteiger partial charge is 0.352 e. The summed E-state index contributed by atoms with van der Waals surface area (Å²) in [5.41, 5.74) is -0.0635. The van der Waals surface area contributed by atoms with Crippen LogP contribution in [-0.4, -0.2) is 118 Å². The molecule has 6 N–H and O–H groups in total. The van der Waals surface area contributed by atoms with E-state index < -0.39 is 64.2 Å². The number of carbonyl (C=O) groups is 7. The number of amides is 7. The lowest BCUT2D eigenvalue weighted by molar-refractivity contribution is -0.163. The Morgan fingerprint density at radius 2 is 1.83 bits per heavy atom. The highest BCUT2D eigenvalue weighted by atomic mass is 32.2. The summed E-state index contributed by atoms with van der Waals surface area (Å²) in [6.07, 6.45) is 0.192. The summed E-state index contributed by atoms with van der Waals surface area (Å²) in [5, 5.41) is 43.9. The van der Waals surface area contributed by atoms with Crippen LogP contribution in [-0.2, 0) is 35.3 Å². The van der Waals surface area contributed by atoms with E-state index >= 15 is 0 Å². The van der Waals surface area contributed by atoms with Crippen molar-refractivity contribution in [2.75, 3.05) is 24.6 Å². The number of fused-ring (bicyclic) bond motifs is 1. The van der Waals surface area contributed by atoms with Crippen molar-refractivity contribution in [3.63, 3.8) is 0 Å². The summed E-state index contributed by atoms with van der Waals surface area (Å²) < 4.78 is 0.596. The van der Waals surface area contributed by atoms with E-state index in [0.29, 0.717) is 14.8 Å². The number of phenolic OH excluding ortho intramolecular Hbond substituents is 2. The zero-order valence-corrected chi connectivity index (χ0v) is 29.1. The molecule has 0 radical (unpaired) electrons. The molecule has 6 rings (SSSR count). The standard InChI is InChI=1S/C31H28N8O10S3/c40-14-32-31(27(48)39-21(26(46)47)18(12-50-28(31)39)13-51-30-36-33-15-52-30)35-23(43)20(16-5-2-1-3-6-16)34-29(49)38-10-9-37(24(44)25(38)45)11-17-7-4-8-19(41)22(17)42/h1-8,14-15,20,28,41-42H,9-13H2,(H,32,40)(H,34,49)(H,35,43)(H,46,47)/t20?,28-,31+/m0/s1. The van der Waals surface area contributed by atoms with Gasteiger partial charge in [0.2, 0.25) is 18.0 Å². The van der Waals surface area contributed by atoms with Crippen LogP contribution in [0.5, 0.6) is 11.5 Å². The number of hydrogen-bond acceptors (Lipinski definition) is 14. The number of hydrogen-bond donors (Lipinski definition) is 6. The van der Waals surface area contributed by atoms with Gasteiger partial charge >= 0.3 is 23.8 Å². The van der Waals surface area contributed by atoms with Gasteiger partial charge in [-0.1, -0.05) is 65.6 Å². The lowest BCUT2D eigenvalue weighted by atomic mass is 9.94. The minimum Gasteiger partial charge on any atom is -0.504 e. The number of para-hydroxylation sites is 1. The van der Waals surface area contributed by atoms with Crippen molar-refractivity contribution in [2.45, 2.75) is 28.0 Å². The van der Waals surface area contributed by atoms with Gasteiger partial charge in [0.15, 0.2) is 15.8 Å². The van der Waals surface area contributed by atoms with Gasteiger partial charge < -0.3 is 36.2 Å². The van der Waals surface area contributed by atoms with Crippen molar-refractivity contribution in [3.05, 3.63) is 76.4 Å². The third kappa shape index (κ3) is 6.72. The van der Waals surface area contributed by atoms with E-state index in [1.165, 1.54) is 58.9 Å². The van der Waals surface area contributed by atoms with Crippen LogP contribution in [0.1, 0.15) is 17.2 Å². The lowest BCUT2D eigenvalue weighted by Gasteiger charge is -2.56. The SMILES string of the molecule is O=CN[C@@]1(NC(=O)C(NC(=O)N2CCN(Cc3cccc(O)c3O)C(=O)C2=O)c2ccccc2)C(=O)N2C(C(=O)O)=C(CSc3nncs3)CS[C@H]21. The molecule has 3 aromatic rings. The number of carboxylic acid groups (broad SMARTS) is 1. The minimum atomic E-state index is -2.10. The van der Waals surface area contributed by atoms with E-state index in [0.717, 1.165) is 21.6 Å². The molecule has 1 aromatic heterocycles. The van der Waals surface area contributed by atoms with Crippen molar-refractivity contribution < 1.29 is 48.9 Å². The second kappa shape index (κ2) is 14.9. The summed E-state index contributed by atoms with van der Waals surface area (Å²) in [7, 11) is 0. The number of carbonyl (C=O) groups excluding carboxylic acids is 6. The van der Waals surface area contributed by atoms with Gasteiger partial charge in [0.25, 0.3) is 5.91 Å². The van der Waals surface area contributed by atoms with Gasteiger partial charge in [-0.15, -0.1) is 22.0 Å². The second-order valence-electron chi connectivity index (χ2n) is 11.4. The van der Waals surface area contributed by atoms with Crippen molar-refractivity contribution in [2.24, 2.45) is 0 Å². The monoisotopic (exact) mass is 768 g/mol. The minimum absolute atomic E-state index is 0.131. The average molecular weight is 769 g/mol. The number of imide groups is 1. The van der Waals surface area contributed by atoms with Gasteiger partial charge in [-0.3, -0.25) is 33.8 Å². The van der Waals surface area contributed by atoms with Crippen LogP contribution < -0.4 is 16.0 Å². The van der Waals surface area contributed by atoms with Crippen LogP contribution in [0.2, 0.25) is 0 Å². The van der Waals surface area contributed by atoms with E-state index in [1.807, 2.05) is 0 Å². The molecule has 4 heterocycles. The zero-order chi connectivity index (χ0) is 37.2. The topological polar surface area (TPSA) is 252 Å². The highest BCUT2D eigenvalue weighted by Gasteiger charge is 2.66. The first-order valence-electron chi connectivity index (χ1n) is 15.3. The molecule has 1 unspecified atom stereocenters. The first-order valence-corrected chi connectivity index (χ1v) is 18.2. The van der Waals surface area contributed by atoms with Gasteiger partial charge in [0.05, 0.1) is 0 Å². The number of aromatic nitrogens is 2. The number of aromatic hydroxyl groups is 2. The van der Waals surface area contributed by atoms with Crippen molar-refractivity contribution in [3.8, 4) is 11.5 Å². The van der Waals surface area contributed by atoms with Gasteiger partial charge in [-0.2, -0.15) is 0 Å². The van der Waals surface area contributed by atoms with Crippen LogP contribution in [0.15, 0.2) is 69.7 Å². The summed E-state index contributed by atoms with van der Waals surface area (Å²) >= 11 is 3.62. The molecule has 0 saturated carbocycles. The number of piperazine rings is 1. The molecule has 2 fully saturated rings. The number of carboxylic acids is 1. The molecule has 270 valence electrons. The molecule has 0 aliphatic carbocycles. The highest BCUT2D eigenvalue weighted by molar-refractivity contribution is 8.01. The fourth-order valence-corrected chi connectivity index (χ4v) is 8.88. The Labute approximate surface area is 306 Å². The number of β-lactam (4-membered cyclic amide) rings is 1. The first kappa shape index (κ1) is 36.1. The van der Waals surface area contributed by atoms with Crippen molar-refractivity contribution in [1.82, 2.24) is 40.8 Å². The van der Waals surface area contributed by atoms with E-state index in [-0.39, 0.29) is 54.4 Å². The average Bonchev–Trinajstić information content (AvgIpc) is 3.66. The Balaban J connectivity index is 1.20. The van der Waals surface area contributed by atoms with Crippen LogP contribution in [0.3, 0.4) is 0 Å². The summed E-state index contributed by atoms with van der Waals surface area (Å²) in [6.45, 7) is -0.648. The summed E-state index contributed by atoms with van der Waals surface area (Å²) in [6, 6.07) is 9.27. The molecule has 52 heavy (non-hydrogen) atoms. The largest absolute Gasteiger partial charge is 0.504 e. The van der Waals surface area contributed by atoms with E-state index in [4.69, 9.17) is 0 Å². The zero-order valence-electron chi connectivity index (χ0n) is 26.6. The lowest BCUT2D eigenvalue weighted by Crippen LogP contribution is -2.85. The molecule has 3 atom stereocenters. The van der Waals surface area contributed by atoms with E-state index in [9.17, 15) is 48.9 Å². The third-order valence-corrected chi connectivity index (χ3v) is 11.7. The molecule has 2 saturated heterocycles. The molecule has 2 aromatic carbocycles. The number of nitrogens with one attached hydrogen (secondary N) is 3. The van der Waals surface area contributed by atoms with Crippen LogP contribution in [0, 0.1) is 0 Å². The molecule has 3 aliphatic heterocycles. The van der Waals surface area contributed by atoms with Crippen LogP contribution in [0.25, 0.3) is 0 Å². The normalized spacial score (nSPS) is 20.5. The first-order chi connectivity index (χ1) is 25.0. The van der Waals surface area contributed by atoms with E-state index in [2.05, 4.69) is 26.1 Å². The van der Waals surface area contributed by atoms with Crippen molar-refractivity contribution >= 4 is 76.9 Å².